The monoisotopic (exact) mass is 514 g/mol. The molecule has 0 aliphatic heterocycles. The van der Waals surface area contributed by atoms with Gasteiger partial charge >= 0.3 is 5.97 Å². The van der Waals surface area contributed by atoms with Crippen molar-refractivity contribution in [1.82, 2.24) is 4.98 Å². The molecule has 2 heterocycles. The van der Waals surface area contributed by atoms with Crippen LogP contribution in [0.2, 0.25) is 0 Å². The van der Waals surface area contributed by atoms with E-state index in [1.165, 1.54) is 18.4 Å². The van der Waals surface area contributed by atoms with Gasteiger partial charge in [0.1, 0.15) is 10.8 Å². The molecule has 0 spiro atoms. The highest BCUT2D eigenvalue weighted by molar-refractivity contribution is 7.17. The van der Waals surface area contributed by atoms with Crippen molar-refractivity contribution in [2.45, 2.75) is 46.1 Å². The van der Waals surface area contributed by atoms with Crippen LogP contribution >= 0.6 is 11.3 Å². The molecule has 1 aliphatic rings. The molecule has 0 saturated carbocycles. The average molecular weight is 515 g/mol. The number of methoxy groups -OCH3 is 1. The van der Waals surface area contributed by atoms with Crippen LogP contribution in [0.1, 0.15) is 58.3 Å². The number of hydrogen-bond donors (Lipinski definition) is 1. The van der Waals surface area contributed by atoms with E-state index in [0.717, 1.165) is 40.7 Å². The molecule has 0 radical (unpaired) electrons. The maximum Gasteiger partial charge on any atom is 0.341 e. The summed E-state index contributed by atoms with van der Waals surface area (Å²) in [5.41, 5.74) is 4.13. The summed E-state index contributed by atoms with van der Waals surface area (Å²) in [6.45, 7) is 6.16. The number of amides is 1. The largest absolute Gasteiger partial charge is 0.490 e. The second kappa shape index (κ2) is 10.3. The highest BCUT2D eigenvalue weighted by atomic mass is 32.1. The van der Waals surface area contributed by atoms with Gasteiger partial charge in [-0.1, -0.05) is 37.3 Å². The van der Waals surface area contributed by atoms with Crippen molar-refractivity contribution < 1.29 is 19.1 Å². The predicted molar refractivity (Wildman–Crippen MR) is 148 cm³/mol. The number of anilines is 1. The molecule has 37 heavy (non-hydrogen) atoms. The molecule has 1 unspecified atom stereocenters. The maximum absolute atomic E-state index is 13.8. The van der Waals surface area contributed by atoms with Crippen molar-refractivity contribution in [3.05, 3.63) is 76.2 Å². The zero-order valence-electron chi connectivity index (χ0n) is 21.5. The Morgan fingerprint density at radius 3 is 2.65 bits per heavy atom. The van der Waals surface area contributed by atoms with Crippen molar-refractivity contribution in [2.24, 2.45) is 5.92 Å². The molecule has 1 aliphatic carbocycles. The minimum atomic E-state index is -0.414. The number of esters is 1. The van der Waals surface area contributed by atoms with Crippen molar-refractivity contribution in [3.8, 4) is 17.0 Å². The van der Waals surface area contributed by atoms with Crippen LogP contribution in [0.15, 0.2) is 54.6 Å². The fourth-order valence-electron chi connectivity index (χ4n) is 4.86. The number of pyridine rings is 1. The Kier molecular flexibility index (Phi) is 6.98. The quantitative estimate of drug-likeness (QED) is 0.283. The van der Waals surface area contributed by atoms with E-state index in [1.54, 1.807) is 6.07 Å². The van der Waals surface area contributed by atoms with Crippen LogP contribution in [0.3, 0.4) is 0 Å². The highest BCUT2D eigenvalue weighted by Crippen LogP contribution is 2.40. The summed E-state index contributed by atoms with van der Waals surface area (Å²) in [4.78, 5) is 32.6. The molecule has 2 aromatic heterocycles. The summed E-state index contributed by atoms with van der Waals surface area (Å²) in [6, 6.07) is 17.1. The van der Waals surface area contributed by atoms with Crippen LogP contribution in [0.5, 0.6) is 5.75 Å². The number of para-hydroxylation sites is 2. The number of hydrogen-bond acceptors (Lipinski definition) is 6. The van der Waals surface area contributed by atoms with E-state index in [1.807, 2.05) is 62.4 Å². The fraction of sp³-hybridized carbons (Fsp3) is 0.300. The van der Waals surface area contributed by atoms with Gasteiger partial charge in [0.15, 0.2) is 0 Å². The normalized spacial score (nSPS) is 14.9. The number of nitrogens with one attached hydrogen (secondary N) is 1. The third kappa shape index (κ3) is 4.96. The summed E-state index contributed by atoms with van der Waals surface area (Å²) >= 11 is 1.48. The molecule has 2 aromatic carbocycles. The molecule has 0 bridgehead atoms. The van der Waals surface area contributed by atoms with Crippen LogP contribution in [-0.4, -0.2) is 30.1 Å². The molecule has 190 valence electrons. The van der Waals surface area contributed by atoms with E-state index in [0.29, 0.717) is 39.0 Å². The molecule has 5 rings (SSSR count). The molecule has 4 aromatic rings. The number of carbonyl (C=O) groups excluding carboxylic acids is 2. The minimum absolute atomic E-state index is 0.00584. The lowest BCUT2D eigenvalue weighted by Gasteiger charge is -2.18. The van der Waals surface area contributed by atoms with Gasteiger partial charge in [-0.15, -0.1) is 11.3 Å². The Bertz CT molecular complexity index is 1490. The summed E-state index contributed by atoms with van der Waals surface area (Å²) in [7, 11) is 1.38. The molecular formula is C30H30N2O4S. The van der Waals surface area contributed by atoms with E-state index in [-0.39, 0.29) is 12.0 Å². The maximum atomic E-state index is 13.8. The zero-order valence-corrected chi connectivity index (χ0v) is 22.3. The van der Waals surface area contributed by atoms with Crippen LogP contribution in [0.25, 0.3) is 22.2 Å². The van der Waals surface area contributed by atoms with E-state index < -0.39 is 5.97 Å². The summed E-state index contributed by atoms with van der Waals surface area (Å²) in [5.74, 6) is 0.543. The van der Waals surface area contributed by atoms with Gasteiger partial charge in [-0.2, -0.15) is 0 Å². The van der Waals surface area contributed by atoms with Gasteiger partial charge in [0.2, 0.25) is 0 Å². The first-order chi connectivity index (χ1) is 17.9. The van der Waals surface area contributed by atoms with E-state index in [9.17, 15) is 9.59 Å². The minimum Gasteiger partial charge on any atom is -0.490 e. The predicted octanol–water partition coefficient (Wildman–Crippen LogP) is 6.91. The molecule has 7 heteroatoms. The number of aromatic nitrogens is 1. The first-order valence-corrected chi connectivity index (χ1v) is 13.4. The standard InChI is InChI=1S/C30H30N2O4S/c1-17(2)36-25-12-8-6-10-20(25)24-16-22(19-9-5-7-11-23(19)31-24)28(33)32-29-27(30(34)35-4)21-14-13-18(3)15-26(21)37-29/h5-12,16-18H,13-15H2,1-4H3,(H,32,33). The lowest BCUT2D eigenvalue weighted by Crippen LogP contribution is -2.16. The van der Waals surface area contributed by atoms with Crippen LogP contribution < -0.4 is 10.1 Å². The number of fused-ring (bicyclic) bond motifs is 2. The Hall–Kier alpha value is -3.71. The topological polar surface area (TPSA) is 77.5 Å². The Labute approximate surface area is 220 Å². The van der Waals surface area contributed by atoms with Gasteiger partial charge in [-0.3, -0.25) is 4.79 Å². The molecule has 6 nitrogen and oxygen atoms in total. The van der Waals surface area contributed by atoms with Crippen LogP contribution in [0.4, 0.5) is 5.00 Å². The fourth-order valence-corrected chi connectivity index (χ4v) is 6.26. The van der Waals surface area contributed by atoms with Crippen molar-refractivity contribution in [3.63, 3.8) is 0 Å². The summed E-state index contributed by atoms with van der Waals surface area (Å²) in [6.07, 6.45) is 2.71. The van der Waals surface area contributed by atoms with Gasteiger partial charge in [-0.05, 0) is 68.9 Å². The first kappa shape index (κ1) is 25.0. The second-order valence-corrected chi connectivity index (χ2v) is 10.8. The smallest absolute Gasteiger partial charge is 0.341 e. The number of rotatable bonds is 6. The third-order valence-electron chi connectivity index (χ3n) is 6.61. The van der Waals surface area contributed by atoms with Crippen LogP contribution in [0, 0.1) is 5.92 Å². The van der Waals surface area contributed by atoms with Gasteiger partial charge in [0.05, 0.1) is 35.6 Å². The number of nitrogens with zero attached hydrogens (tertiary/aromatic N) is 1. The Balaban J connectivity index is 1.59. The molecule has 1 amide bonds. The molecular weight excluding hydrogens is 484 g/mol. The average Bonchev–Trinajstić information content (AvgIpc) is 3.24. The van der Waals surface area contributed by atoms with E-state index in [4.69, 9.17) is 14.5 Å². The van der Waals surface area contributed by atoms with Crippen molar-refractivity contribution >= 4 is 39.1 Å². The first-order valence-electron chi connectivity index (χ1n) is 12.6. The van der Waals surface area contributed by atoms with Crippen molar-refractivity contribution in [2.75, 3.05) is 12.4 Å². The van der Waals surface area contributed by atoms with Gasteiger partial charge in [0.25, 0.3) is 5.91 Å². The van der Waals surface area contributed by atoms with Crippen LogP contribution in [-0.2, 0) is 17.6 Å². The third-order valence-corrected chi connectivity index (χ3v) is 7.78. The van der Waals surface area contributed by atoms with E-state index in [2.05, 4.69) is 12.2 Å². The Morgan fingerprint density at radius 1 is 1.11 bits per heavy atom. The highest BCUT2D eigenvalue weighted by Gasteiger charge is 2.29. The van der Waals surface area contributed by atoms with Gasteiger partial charge < -0.3 is 14.8 Å². The molecule has 0 fully saturated rings. The number of carbonyl (C=O) groups is 2. The van der Waals surface area contributed by atoms with Gasteiger partial charge in [-0.25, -0.2) is 9.78 Å². The molecule has 1 N–H and O–H groups in total. The summed E-state index contributed by atoms with van der Waals surface area (Å²) < 4.78 is 11.1. The second-order valence-electron chi connectivity index (χ2n) is 9.74. The summed E-state index contributed by atoms with van der Waals surface area (Å²) in [5, 5.41) is 4.33. The lowest BCUT2D eigenvalue weighted by atomic mass is 9.88. The number of benzene rings is 2. The van der Waals surface area contributed by atoms with Crippen molar-refractivity contribution in [1.29, 1.82) is 0 Å². The zero-order chi connectivity index (χ0) is 26.1. The molecule has 1 atom stereocenters. The van der Waals surface area contributed by atoms with E-state index >= 15 is 0 Å². The SMILES string of the molecule is COC(=O)c1c(NC(=O)c2cc(-c3ccccc3OC(C)C)nc3ccccc23)sc2c1CCC(C)C2. The van der Waals surface area contributed by atoms with Gasteiger partial charge in [0, 0.05) is 15.8 Å². The lowest BCUT2D eigenvalue weighted by molar-refractivity contribution is 0.0601. The molecule has 0 saturated heterocycles. The Morgan fingerprint density at radius 2 is 1.86 bits per heavy atom. The number of ether oxygens (including phenoxy) is 2. The number of thiophene rings is 1.